The molecule has 1 aromatic carbocycles. The van der Waals surface area contributed by atoms with Gasteiger partial charge in [-0.25, -0.2) is 17.8 Å². The van der Waals surface area contributed by atoms with Crippen LogP contribution in [0.2, 0.25) is 10.2 Å². The summed E-state index contributed by atoms with van der Waals surface area (Å²) in [4.78, 5) is 3.50. The first-order valence-corrected chi connectivity index (χ1v) is 7.75. The summed E-state index contributed by atoms with van der Waals surface area (Å²) in [6.07, 6.45) is 1.07. The molecule has 1 N–H and O–H groups in total. The molecule has 0 aliphatic rings. The molecule has 21 heavy (non-hydrogen) atoms. The average Bonchev–Trinajstić information content (AvgIpc) is 2.43. The Labute approximate surface area is 130 Å². The van der Waals surface area contributed by atoms with Crippen molar-refractivity contribution >= 4 is 38.9 Å². The van der Waals surface area contributed by atoms with E-state index < -0.39 is 15.8 Å². The summed E-state index contributed by atoms with van der Waals surface area (Å²) in [5.41, 5.74) is 0.138. The van der Waals surface area contributed by atoms with E-state index in [4.69, 9.17) is 27.9 Å². The lowest BCUT2D eigenvalue weighted by atomic mass is 10.3. The Hall–Kier alpha value is -1.57. The molecule has 0 amide bonds. The number of hydrogen-bond donors (Lipinski definition) is 1. The minimum Gasteiger partial charge on any atom is -0.494 e. The fourth-order valence-electron chi connectivity index (χ4n) is 1.49. The predicted octanol–water partition coefficient (Wildman–Crippen LogP) is 3.34. The largest absolute Gasteiger partial charge is 0.494 e. The van der Waals surface area contributed by atoms with E-state index in [1.54, 1.807) is 0 Å². The van der Waals surface area contributed by atoms with Crippen LogP contribution in [0.1, 0.15) is 0 Å². The van der Waals surface area contributed by atoms with Crippen molar-refractivity contribution in [2.45, 2.75) is 4.90 Å². The van der Waals surface area contributed by atoms with E-state index in [1.807, 2.05) is 0 Å². The third-order valence-corrected chi connectivity index (χ3v) is 4.52. The normalized spacial score (nSPS) is 11.2. The summed E-state index contributed by atoms with van der Waals surface area (Å²) >= 11 is 11.4. The molecule has 0 saturated heterocycles. The maximum atomic E-state index is 13.3. The number of aromatic nitrogens is 1. The van der Waals surface area contributed by atoms with Gasteiger partial charge in [-0.05, 0) is 18.2 Å². The molecule has 0 radical (unpaired) electrons. The number of nitrogens with one attached hydrogen (secondary N) is 1. The number of anilines is 1. The van der Waals surface area contributed by atoms with E-state index in [-0.39, 0.29) is 26.5 Å². The average molecular weight is 351 g/mol. The summed E-state index contributed by atoms with van der Waals surface area (Å²) in [5.74, 6) is -0.681. The van der Waals surface area contributed by atoms with Crippen LogP contribution in [-0.2, 0) is 10.0 Å². The van der Waals surface area contributed by atoms with Crippen LogP contribution in [0.5, 0.6) is 5.75 Å². The molecule has 2 aromatic rings. The highest BCUT2D eigenvalue weighted by atomic mass is 35.5. The smallest absolute Gasteiger partial charge is 0.263 e. The molecule has 0 saturated carbocycles. The molecule has 2 rings (SSSR count). The van der Waals surface area contributed by atoms with Crippen molar-refractivity contribution in [3.8, 4) is 5.75 Å². The van der Waals surface area contributed by atoms with Crippen LogP contribution in [0.15, 0.2) is 35.4 Å². The van der Waals surface area contributed by atoms with Crippen molar-refractivity contribution in [2.24, 2.45) is 0 Å². The van der Waals surface area contributed by atoms with Crippen LogP contribution >= 0.6 is 23.2 Å². The molecule has 0 aliphatic heterocycles. The van der Waals surface area contributed by atoms with Gasteiger partial charge in [0.15, 0.2) is 11.6 Å². The highest BCUT2D eigenvalue weighted by Gasteiger charge is 2.17. The van der Waals surface area contributed by atoms with Crippen molar-refractivity contribution in [3.63, 3.8) is 0 Å². The van der Waals surface area contributed by atoms with Crippen LogP contribution in [0.3, 0.4) is 0 Å². The lowest BCUT2D eigenvalue weighted by Crippen LogP contribution is -2.13. The second-order valence-corrected chi connectivity index (χ2v) is 6.35. The van der Waals surface area contributed by atoms with Crippen LogP contribution in [0.4, 0.5) is 10.1 Å². The minimum absolute atomic E-state index is 0.000863. The van der Waals surface area contributed by atoms with E-state index in [2.05, 4.69) is 9.71 Å². The topological polar surface area (TPSA) is 68.3 Å². The van der Waals surface area contributed by atoms with Gasteiger partial charge in [0.25, 0.3) is 10.0 Å². The van der Waals surface area contributed by atoms with Crippen LogP contribution in [0, 0.1) is 5.82 Å². The van der Waals surface area contributed by atoms with Gasteiger partial charge in [-0.3, -0.25) is 4.72 Å². The monoisotopic (exact) mass is 350 g/mol. The van der Waals surface area contributed by atoms with Gasteiger partial charge in [-0.15, -0.1) is 0 Å². The number of ether oxygens (including phenoxy) is 1. The Balaban J connectivity index is 2.35. The highest BCUT2D eigenvalue weighted by molar-refractivity contribution is 7.92. The number of pyridine rings is 1. The van der Waals surface area contributed by atoms with Crippen molar-refractivity contribution in [1.82, 2.24) is 4.98 Å². The fourth-order valence-corrected chi connectivity index (χ4v) is 2.84. The zero-order valence-corrected chi connectivity index (χ0v) is 12.9. The molecule has 0 atom stereocenters. The van der Waals surface area contributed by atoms with Crippen molar-refractivity contribution in [3.05, 3.63) is 46.5 Å². The minimum atomic E-state index is -3.92. The first-order chi connectivity index (χ1) is 9.83. The Morgan fingerprint density at radius 3 is 2.62 bits per heavy atom. The van der Waals surface area contributed by atoms with Gasteiger partial charge in [0, 0.05) is 12.3 Å². The molecule has 0 fully saturated rings. The molecule has 1 heterocycles. The summed E-state index contributed by atoms with van der Waals surface area (Å²) in [6, 6.07) is 4.74. The Kier molecular flexibility index (Phi) is 4.55. The second-order valence-electron chi connectivity index (χ2n) is 3.90. The van der Waals surface area contributed by atoms with Gasteiger partial charge in [0.05, 0.1) is 17.8 Å². The van der Waals surface area contributed by atoms with Gasteiger partial charge in [0.1, 0.15) is 10.0 Å². The molecule has 0 spiro atoms. The molecule has 112 valence electrons. The zero-order chi connectivity index (χ0) is 15.6. The molecular formula is C12H9Cl2FN2O3S. The maximum Gasteiger partial charge on any atom is 0.263 e. The first-order valence-electron chi connectivity index (χ1n) is 5.51. The molecule has 0 unspecified atom stereocenters. The standard InChI is InChI=1S/C12H9Cl2FN2O3S/c1-20-11-4-7(2-3-10(11)15)17-21(18,19)8-5-9(13)12(14)16-6-8/h2-6,17H,1H3. The van der Waals surface area contributed by atoms with Crippen molar-refractivity contribution < 1.29 is 17.5 Å². The van der Waals surface area contributed by atoms with Gasteiger partial charge in [-0.1, -0.05) is 23.2 Å². The number of hydrogen-bond acceptors (Lipinski definition) is 4. The van der Waals surface area contributed by atoms with E-state index in [0.29, 0.717) is 0 Å². The lowest BCUT2D eigenvalue weighted by molar-refractivity contribution is 0.387. The predicted molar refractivity (Wildman–Crippen MR) is 78.0 cm³/mol. The molecule has 5 nitrogen and oxygen atoms in total. The van der Waals surface area contributed by atoms with Gasteiger partial charge >= 0.3 is 0 Å². The number of methoxy groups -OCH3 is 1. The summed E-state index contributed by atoms with van der Waals surface area (Å²) in [5, 5.41) is 0.00953. The van der Waals surface area contributed by atoms with E-state index in [1.165, 1.54) is 25.3 Å². The highest BCUT2D eigenvalue weighted by Crippen LogP contribution is 2.26. The molecule has 0 aliphatic carbocycles. The second kappa shape index (κ2) is 6.05. The molecule has 9 heteroatoms. The quantitative estimate of drug-likeness (QED) is 0.858. The van der Waals surface area contributed by atoms with Gasteiger partial charge in [0.2, 0.25) is 0 Å². The maximum absolute atomic E-state index is 13.3. The van der Waals surface area contributed by atoms with Gasteiger partial charge < -0.3 is 4.74 Å². The van der Waals surface area contributed by atoms with E-state index in [9.17, 15) is 12.8 Å². The molecular weight excluding hydrogens is 342 g/mol. The third kappa shape index (κ3) is 3.55. The van der Waals surface area contributed by atoms with Gasteiger partial charge in [-0.2, -0.15) is 0 Å². The van der Waals surface area contributed by atoms with Crippen molar-refractivity contribution in [1.29, 1.82) is 0 Å². The van der Waals surface area contributed by atoms with Crippen molar-refractivity contribution in [2.75, 3.05) is 11.8 Å². The summed E-state index contributed by atoms with van der Waals surface area (Å²) in [7, 11) is -2.65. The van der Waals surface area contributed by atoms with Crippen LogP contribution in [0.25, 0.3) is 0 Å². The Morgan fingerprint density at radius 1 is 1.29 bits per heavy atom. The van der Waals surface area contributed by atoms with Crippen LogP contribution in [-0.4, -0.2) is 20.5 Å². The number of rotatable bonds is 4. The SMILES string of the molecule is COc1cc(NS(=O)(=O)c2cnc(Cl)c(Cl)c2)ccc1F. The molecule has 1 aromatic heterocycles. The summed E-state index contributed by atoms with van der Waals surface area (Å²) < 4.78 is 44.7. The first kappa shape index (κ1) is 15.8. The zero-order valence-electron chi connectivity index (χ0n) is 10.6. The Bertz CT molecular complexity index is 784. The number of halogens is 3. The van der Waals surface area contributed by atoms with E-state index in [0.717, 1.165) is 12.3 Å². The fraction of sp³-hybridized carbons (Fsp3) is 0.0833. The number of benzene rings is 1. The summed E-state index contributed by atoms with van der Waals surface area (Å²) in [6.45, 7) is 0. The lowest BCUT2D eigenvalue weighted by Gasteiger charge is -2.10. The molecule has 0 bridgehead atoms. The third-order valence-electron chi connectivity index (χ3n) is 2.48. The van der Waals surface area contributed by atoms with Crippen LogP contribution < -0.4 is 9.46 Å². The number of nitrogens with zero attached hydrogens (tertiary/aromatic N) is 1. The number of sulfonamides is 1. The Morgan fingerprint density at radius 2 is 2.00 bits per heavy atom. The van der Waals surface area contributed by atoms with E-state index >= 15 is 0 Å².